The number of aliphatic hydroxyl groups is 1. The third-order valence-electron chi connectivity index (χ3n) is 2.44. The van der Waals surface area contributed by atoms with Crippen molar-refractivity contribution < 1.29 is 30.8 Å². The Morgan fingerprint density at radius 1 is 1.32 bits per heavy atom. The lowest BCUT2D eigenvalue weighted by Gasteiger charge is -2.40. The Labute approximate surface area is 136 Å². The molecule has 0 aliphatic heterocycles. The molecule has 106 valence electrons. The van der Waals surface area contributed by atoms with Crippen LogP contribution in [0.5, 0.6) is 5.75 Å². The molecule has 0 radical (unpaired) electrons. The first kappa shape index (κ1) is 4.47. The lowest BCUT2D eigenvalue weighted by atomic mass is 9.72. The van der Waals surface area contributed by atoms with Crippen LogP contribution in [0.15, 0.2) is 24.2 Å². The number of nitrogens with zero attached hydrogens (tertiary/aromatic N) is 1. The Morgan fingerprint density at radius 2 is 1.89 bits per heavy atom. The smallest absolute Gasteiger partial charge is 0.115 e. The minimum atomic E-state index is -4.14. The SMILES string of the molecule is [2H]c1c([2H])c(C([2H])(CN(C)C)C2(O)C([2H])([2H])C([2H])([2H])C([2H])([2H])C([2H])([2H])C2([2H])[2H])c([2H])c([2H])c1O. The van der Waals surface area contributed by atoms with Crippen LogP contribution in [0.4, 0.5) is 0 Å². The highest BCUT2D eigenvalue weighted by atomic mass is 16.3. The molecule has 0 aromatic heterocycles. The summed E-state index contributed by atoms with van der Waals surface area (Å²) in [5.74, 6) is -4.51. The van der Waals surface area contributed by atoms with Gasteiger partial charge in [-0.15, -0.1) is 0 Å². The first-order valence-electron chi connectivity index (χ1n) is 13.0. The van der Waals surface area contributed by atoms with Crippen molar-refractivity contribution in [1.29, 1.82) is 0 Å². The molecule has 1 saturated carbocycles. The van der Waals surface area contributed by atoms with Crippen LogP contribution < -0.4 is 0 Å². The van der Waals surface area contributed by atoms with Crippen LogP contribution in [-0.4, -0.2) is 41.4 Å². The second-order valence-electron chi connectivity index (χ2n) is 4.28. The second kappa shape index (κ2) is 5.93. The number of rotatable bonds is 4. The fourth-order valence-electron chi connectivity index (χ4n) is 1.60. The maximum Gasteiger partial charge on any atom is 0.115 e. The Balaban J connectivity index is 3.23. The molecular formula is C16H25NO2. The van der Waals surface area contributed by atoms with Crippen molar-refractivity contribution in [3.63, 3.8) is 0 Å². The predicted octanol–water partition coefficient (Wildman–Crippen LogP) is 2.73. The maximum absolute atomic E-state index is 11.8. The molecule has 0 spiro atoms. The molecule has 2 rings (SSSR count). The molecular weight excluding hydrogens is 238 g/mol. The van der Waals surface area contributed by atoms with E-state index in [1.165, 1.54) is 14.1 Å². The molecule has 1 aliphatic carbocycles. The van der Waals surface area contributed by atoms with Gasteiger partial charge in [0.25, 0.3) is 0 Å². The third kappa shape index (κ3) is 3.48. The third-order valence-corrected chi connectivity index (χ3v) is 2.44. The van der Waals surface area contributed by atoms with E-state index in [4.69, 9.17) is 20.6 Å². The van der Waals surface area contributed by atoms with Crippen molar-refractivity contribution in [2.24, 2.45) is 0 Å². The highest BCUT2D eigenvalue weighted by Gasteiger charge is 2.38. The van der Waals surface area contributed by atoms with Crippen LogP contribution in [-0.2, 0) is 0 Å². The molecule has 1 unspecified atom stereocenters. The normalized spacial score (nSPS) is 46.8. The van der Waals surface area contributed by atoms with Crippen molar-refractivity contribution in [3.05, 3.63) is 29.7 Å². The van der Waals surface area contributed by atoms with E-state index in [0.29, 0.717) is 0 Å². The van der Waals surface area contributed by atoms with Crippen molar-refractivity contribution in [3.8, 4) is 5.75 Å². The van der Waals surface area contributed by atoms with Crippen molar-refractivity contribution >= 4 is 0 Å². The zero-order valence-corrected chi connectivity index (χ0v) is 10.5. The lowest BCUT2D eigenvalue weighted by molar-refractivity contribution is -0.0277. The van der Waals surface area contributed by atoms with Crippen molar-refractivity contribution in [2.75, 3.05) is 20.6 Å². The van der Waals surface area contributed by atoms with Gasteiger partial charge in [0.05, 0.1) is 11.1 Å². The average molecular weight is 278 g/mol. The minimum Gasteiger partial charge on any atom is -0.508 e. The topological polar surface area (TPSA) is 43.7 Å². The monoisotopic (exact) mass is 278 g/mol. The average Bonchev–Trinajstić information content (AvgIpc) is 2.67. The Bertz CT molecular complexity index is 950. The van der Waals surface area contributed by atoms with Gasteiger partial charge < -0.3 is 15.1 Å². The molecule has 1 aromatic rings. The van der Waals surface area contributed by atoms with Crippen LogP contribution in [0, 0.1) is 0 Å². The summed E-state index contributed by atoms with van der Waals surface area (Å²) in [6, 6.07) is -4.53. The van der Waals surface area contributed by atoms with Crippen molar-refractivity contribution in [1.82, 2.24) is 4.90 Å². The quantitative estimate of drug-likeness (QED) is 0.890. The minimum absolute atomic E-state index is 0.973. The van der Waals surface area contributed by atoms with E-state index in [1.807, 2.05) is 0 Å². The Kier molecular flexibility index (Phi) is 1.39. The molecule has 0 bridgehead atoms. The molecule has 19 heavy (non-hydrogen) atoms. The second-order valence-corrected chi connectivity index (χ2v) is 4.28. The van der Waals surface area contributed by atoms with Gasteiger partial charge in [0.1, 0.15) is 5.75 Å². The fourth-order valence-corrected chi connectivity index (χ4v) is 1.60. The highest BCUT2D eigenvalue weighted by Crippen LogP contribution is 2.40. The Morgan fingerprint density at radius 3 is 2.42 bits per heavy atom. The van der Waals surface area contributed by atoms with Gasteiger partial charge >= 0.3 is 0 Å². The predicted molar refractivity (Wildman–Crippen MR) is 77.4 cm³/mol. The van der Waals surface area contributed by atoms with Gasteiger partial charge in [-0.2, -0.15) is 0 Å². The van der Waals surface area contributed by atoms with E-state index in [2.05, 4.69) is 0 Å². The van der Waals surface area contributed by atoms with Crippen molar-refractivity contribution in [2.45, 2.75) is 43.4 Å². The molecule has 1 aromatic carbocycles. The number of hydrogen-bond donors (Lipinski definition) is 2. The number of aromatic hydroxyl groups is 1. The number of phenolic OH excluding ortho intramolecular Hbond substituents is 1. The molecule has 1 atom stereocenters. The zero-order chi connectivity index (χ0) is 27.2. The van der Waals surface area contributed by atoms with E-state index in [0.717, 1.165) is 4.90 Å². The Hall–Kier alpha value is -1.06. The van der Waals surface area contributed by atoms with Gasteiger partial charge in [0, 0.05) is 27.5 Å². The van der Waals surface area contributed by atoms with Crippen LogP contribution in [0.3, 0.4) is 0 Å². The summed E-state index contributed by atoms with van der Waals surface area (Å²) in [6.07, 6.45) is -19.9. The summed E-state index contributed by atoms with van der Waals surface area (Å²) < 4.78 is 123. The van der Waals surface area contributed by atoms with Crippen LogP contribution >= 0.6 is 0 Å². The summed E-state index contributed by atoms with van der Waals surface area (Å²) in [4.78, 5) is 1.07. The summed E-state index contributed by atoms with van der Waals surface area (Å²) in [5, 5.41) is 21.7. The standard InChI is InChI=1S/C16H25NO2/c1-17(2)12-15(13-6-8-14(18)9-7-13)16(19)10-4-3-5-11-16/h6-9,15,18-19H,3-5,10-12H2,1-2H3/i3D2,4D2,5D2,6D,7D,8D,9D,10D2,11D2,15D. The summed E-state index contributed by atoms with van der Waals surface area (Å²) in [5.41, 5.74) is -5.27. The van der Waals surface area contributed by atoms with Crippen LogP contribution in [0.1, 0.15) is 63.9 Å². The fraction of sp³-hybridized carbons (Fsp3) is 0.625. The summed E-state index contributed by atoms with van der Waals surface area (Å²) in [7, 11) is 2.53. The number of benzene rings is 1. The van der Waals surface area contributed by atoms with E-state index >= 15 is 0 Å². The first-order chi connectivity index (χ1) is 14.8. The van der Waals surface area contributed by atoms with Crippen LogP contribution in [0.2, 0.25) is 0 Å². The molecule has 0 heterocycles. The van der Waals surface area contributed by atoms with Gasteiger partial charge in [0.2, 0.25) is 0 Å². The van der Waals surface area contributed by atoms with Gasteiger partial charge in [-0.1, -0.05) is 31.2 Å². The van der Waals surface area contributed by atoms with E-state index in [1.54, 1.807) is 0 Å². The van der Waals surface area contributed by atoms with E-state index < -0.39 is 85.4 Å². The molecule has 0 amide bonds. The number of phenols is 1. The zero-order valence-electron chi connectivity index (χ0n) is 25.5. The largest absolute Gasteiger partial charge is 0.508 e. The molecule has 1 fully saturated rings. The maximum atomic E-state index is 11.8. The molecule has 3 nitrogen and oxygen atoms in total. The molecule has 0 saturated heterocycles. The summed E-state index contributed by atoms with van der Waals surface area (Å²) in [6.45, 7) is -0.973. The lowest BCUT2D eigenvalue weighted by Crippen LogP contribution is -2.42. The molecule has 2 N–H and O–H groups in total. The van der Waals surface area contributed by atoms with Crippen LogP contribution in [0.25, 0.3) is 0 Å². The van der Waals surface area contributed by atoms with Gasteiger partial charge in [0.15, 0.2) is 0 Å². The van der Waals surface area contributed by atoms with Gasteiger partial charge in [-0.3, -0.25) is 0 Å². The van der Waals surface area contributed by atoms with E-state index in [-0.39, 0.29) is 0 Å². The van der Waals surface area contributed by atoms with Gasteiger partial charge in [-0.05, 0) is 44.5 Å². The molecule has 1 aliphatic rings. The molecule has 3 heteroatoms. The highest BCUT2D eigenvalue weighted by molar-refractivity contribution is 5.30. The first-order valence-corrected chi connectivity index (χ1v) is 5.51. The van der Waals surface area contributed by atoms with Gasteiger partial charge in [-0.25, -0.2) is 0 Å². The summed E-state index contributed by atoms with van der Waals surface area (Å²) >= 11 is 0. The number of likely N-dealkylation sites (N-methyl/N-ethyl adjacent to an activating group) is 1. The number of hydrogen-bond acceptors (Lipinski definition) is 3. The van der Waals surface area contributed by atoms with E-state index in [9.17, 15) is 10.2 Å².